The molecule has 7 nitrogen and oxygen atoms in total. The van der Waals surface area contributed by atoms with Gasteiger partial charge >= 0.3 is 11.6 Å². The van der Waals surface area contributed by atoms with E-state index in [9.17, 15) is 9.59 Å². The van der Waals surface area contributed by atoms with E-state index in [-0.39, 0.29) is 12.2 Å². The Morgan fingerprint density at radius 3 is 2.77 bits per heavy atom. The number of fused-ring (bicyclic) bond motifs is 1. The number of ether oxygens (including phenoxy) is 3. The molecule has 0 fully saturated rings. The molecule has 4 rings (SSSR count). The lowest BCUT2D eigenvalue weighted by Crippen LogP contribution is -2.16. The first-order valence-electron chi connectivity index (χ1n) is 9.54. The molecule has 0 radical (unpaired) electrons. The van der Waals surface area contributed by atoms with Crippen molar-refractivity contribution in [2.24, 2.45) is 0 Å². The number of nitrogens with zero attached hydrogens (tertiary/aromatic N) is 1. The van der Waals surface area contributed by atoms with Gasteiger partial charge in [-0.15, -0.1) is 11.3 Å². The maximum absolute atomic E-state index is 12.4. The molecule has 2 aromatic carbocycles. The summed E-state index contributed by atoms with van der Waals surface area (Å²) in [6.07, 6.45) is 0. The van der Waals surface area contributed by atoms with Crippen molar-refractivity contribution in [1.82, 2.24) is 4.98 Å². The molecule has 0 N–H and O–H groups in total. The van der Waals surface area contributed by atoms with Crippen molar-refractivity contribution >= 4 is 28.3 Å². The van der Waals surface area contributed by atoms with E-state index in [4.69, 9.17) is 18.6 Å². The van der Waals surface area contributed by atoms with Gasteiger partial charge < -0.3 is 18.6 Å². The van der Waals surface area contributed by atoms with Crippen LogP contribution in [0.15, 0.2) is 63.1 Å². The molecule has 0 saturated carbocycles. The monoisotopic (exact) mass is 437 g/mol. The van der Waals surface area contributed by atoms with Gasteiger partial charge in [-0.05, 0) is 37.3 Å². The van der Waals surface area contributed by atoms with E-state index in [1.54, 1.807) is 36.8 Å². The normalized spacial score (nSPS) is 10.8. The number of rotatable bonds is 7. The molecule has 0 aliphatic carbocycles. The zero-order chi connectivity index (χ0) is 21.8. The highest BCUT2D eigenvalue weighted by atomic mass is 32.1. The van der Waals surface area contributed by atoms with Crippen molar-refractivity contribution in [3.05, 3.63) is 75.6 Å². The van der Waals surface area contributed by atoms with Crippen LogP contribution in [0.3, 0.4) is 0 Å². The fourth-order valence-electron chi connectivity index (χ4n) is 3.00. The lowest BCUT2D eigenvalue weighted by Gasteiger charge is -2.09. The molecule has 0 bridgehead atoms. The second kappa shape index (κ2) is 9.01. The van der Waals surface area contributed by atoms with Crippen LogP contribution in [0.25, 0.3) is 21.5 Å². The van der Waals surface area contributed by atoms with Crippen LogP contribution in [-0.4, -0.2) is 24.7 Å². The zero-order valence-electron chi connectivity index (χ0n) is 16.9. The summed E-state index contributed by atoms with van der Waals surface area (Å²) in [4.78, 5) is 29.0. The van der Waals surface area contributed by atoms with Crippen molar-refractivity contribution in [2.45, 2.75) is 13.5 Å². The van der Waals surface area contributed by atoms with Gasteiger partial charge in [0, 0.05) is 16.3 Å². The third-order valence-corrected chi connectivity index (χ3v) is 5.41. The highest BCUT2D eigenvalue weighted by molar-refractivity contribution is 7.13. The number of hydrogen-bond donors (Lipinski definition) is 0. The van der Waals surface area contributed by atoms with Crippen molar-refractivity contribution in [1.29, 1.82) is 0 Å². The number of thiazole rings is 1. The summed E-state index contributed by atoms with van der Waals surface area (Å²) in [7, 11) is 1.58. The summed E-state index contributed by atoms with van der Waals surface area (Å²) in [6.45, 7) is 2.39. The summed E-state index contributed by atoms with van der Waals surface area (Å²) in [5, 5.41) is 3.20. The Balaban J connectivity index is 1.48. The van der Waals surface area contributed by atoms with Gasteiger partial charge in [-0.25, -0.2) is 14.6 Å². The van der Waals surface area contributed by atoms with Crippen LogP contribution < -0.4 is 15.1 Å². The molecule has 0 aliphatic heterocycles. The second-order valence-corrected chi connectivity index (χ2v) is 7.36. The second-order valence-electron chi connectivity index (χ2n) is 6.50. The summed E-state index contributed by atoms with van der Waals surface area (Å²) in [5.41, 5.74) is 0.970. The van der Waals surface area contributed by atoms with Crippen LogP contribution >= 0.6 is 11.3 Å². The third-order valence-electron chi connectivity index (χ3n) is 4.47. The molecule has 0 saturated heterocycles. The first kappa shape index (κ1) is 20.6. The molecule has 8 heteroatoms. The minimum Gasteiger partial charge on any atom is -0.493 e. The molecule has 2 aromatic heterocycles. The van der Waals surface area contributed by atoms with Gasteiger partial charge in [-0.2, -0.15) is 0 Å². The SMILES string of the molecule is CCOc1ccc(-c2nc(COC(=O)c3cc4ccccc4oc3=O)cs2)cc1OC. The Morgan fingerprint density at radius 2 is 1.97 bits per heavy atom. The van der Waals surface area contributed by atoms with E-state index in [0.29, 0.717) is 34.8 Å². The van der Waals surface area contributed by atoms with Crippen molar-refractivity contribution in [2.75, 3.05) is 13.7 Å². The summed E-state index contributed by atoms with van der Waals surface area (Å²) in [5.74, 6) is 0.524. The van der Waals surface area contributed by atoms with E-state index in [1.165, 1.54) is 17.4 Å². The fraction of sp³-hybridized carbons (Fsp3) is 0.174. The van der Waals surface area contributed by atoms with Crippen LogP contribution in [0.2, 0.25) is 0 Å². The molecular weight excluding hydrogens is 418 g/mol. The highest BCUT2D eigenvalue weighted by Crippen LogP contribution is 2.33. The molecule has 2 heterocycles. The molecule has 158 valence electrons. The number of carbonyl (C=O) groups is 1. The summed E-state index contributed by atoms with van der Waals surface area (Å²) < 4.78 is 21.4. The lowest BCUT2D eigenvalue weighted by molar-refractivity contribution is 0.0464. The Bertz CT molecular complexity index is 1290. The van der Waals surface area contributed by atoms with E-state index >= 15 is 0 Å². The van der Waals surface area contributed by atoms with Gasteiger partial charge in [0.15, 0.2) is 11.5 Å². The Labute approximate surface area is 181 Å². The standard InChI is InChI=1S/C23H19NO6S/c1-3-28-19-9-8-15(11-20(19)27-2)21-24-16(13-31-21)12-29-22(25)17-10-14-6-4-5-7-18(14)30-23(17)26/h4-11,13H,3,12H2,1-2H3. The third kappa shape index (κ3) is 4.44. The van der Waals surface area contributed by atoms with Crippen LogP contribution in [0.1, 0.15) is 23.0 Å². The van der Waals surface area contributed by atoms with Crippen molar-refractivity contribution in [3.63, 3.8) is 0 Å². The zero-order valence-corrected chi connectivity index (χ0v) is 17.7. The molecule has 0 spiro atoms. The van der Waals surface area contributed by atoms with E-state index in [2.05, 4.69) is 4.98 Å². The number of para-hydroxylation sites is 1. The van der Waals surface area contributed by atoms with Crippen LogP contribution in [-0.2, 0) is 11.3 Å². The summed E-state index contributed by atoms with van der Waals surface area (Å²) in [6, 6.07) is 14.0. The van der Waals surface area contributed by atoms with Crippen LogP contribution in [0.5, 0.6) is 11.5 Å². The molecule has 0 amide bonds. The predicted octanol–water partition coefficient (Wildman–Crippen LogP) is 4.68. The molecule has 31 heavy (non-hydrogen) atoms. The average molecular weight is 437 g/mol. The fourth-order valence-corrected chi connectivity index (χ4v) is 3.80. The van der Waals surface area contributed by atoms with Crippen LogP contribution in [0, 0.1) is 0 Å². The lowest BCUT2D eigenvalue weighted by atomic mass is 10.2. The maximum atomic E-state index is 12.4. The molecule has 4 aromatic rings. The van der Waals surface area contributed by atoms with Gasteiger partial charge in [0.2, 0.25) is 0 Å². The highest BCUT2D eigenvalue weighted by Gasteiger charge is 2.16. The van der Waals surface area contributed by atoms with Gasteiger partial charge in [-0.1, -0.05) is 18.2 Å². The Morgan fingerprint density at radius 1 is 1.13 bits per heavy atom. The first-order valence-corrected chi connectivity index (χ1v) is 10.4. The van der Waals surface area contributed by atoms with E-state index in [0.717, 1.165) is 10.6 Å². The number of benzene rings is 2. The predicted molar refractivity (Wildman–Crippen MR) is 117 cm³/mol. The average Bonchev–Trinajstić information content (AvgIpc) is 3.26. The number of esters is 1. The van der Waals surface area contributed by atoms with Crippen molar-refractivity contribution in [3.8, 4) is 22.1 Å². The van der Waals surface area contributed by atoms with Gasteiger partial charge in [0.05, 0.1) is 19.4 Å². The van der Waals surface area contributed by atoms with E-state index in [1.807, 2.05) is 25.1 Å². The minimum absolute atomic E-state index is 0.0598. The minimum atomic E-state index is -0.753. The molecule has 0 unspecified atom stereocenters. The topological polar surface area (TPSA) is 87.9 Å². The molecule has 0 atom stereocenters. The number of hydrogen-bond acceptors (Lipinski definition) is 8. The largest absolute Gasteiger partial charge is 0.493 e. The molecular formula is C23H19NO6S. The van der Waals surface area contributed by atoms with Gasteiger partial charge in [0.25, 0.3) is 0 Å². The Hall–Kier alpha value is -3.65. The van der Waals surface area contributed by atoms with Gasteiger partial charge in [0.1, 0.15) is 22.8 Å². The van der Waals surface area contributed by atoms with E-state index < -0.39 is 11.6 Å². The maximum Gasteiger partial charge on any atom is 0.351 e. The van der Waals surface area contributed by atoms with Gasteiger partial charge in [-0.3, -0.25) is 0 Å². The number of carbonyl (C=O) groups excluding carboxylic acids is 1. The quantitative estimate of drug-likeness (QED) is 0.306. The van der Waals surface area contributed by atoms with Crippen LogP contribution in [0.4, 0.5) is 0 Å². The first-order chi connectivity index (χ1) is 15.1. The smallest absolute Gasteiger partial charge is 0.351 e. The van der Waals surface area contributed by atoms with Crippen molar-refractivity contribution < 1.29 is 23.4 Å². The number of aromatic nitrogens is 1. The Kier molecular flexibility index (Phi) is 5.99. The number of methoxy groups -OCH3 is 1. The summed E-state index contributed by atoms with van der Waals surface area (Å²) >= 11 is 1.41. The molecule has 0 aliphatic rings.